The summed E-state index contributed by atoms with van der Waals surface area (Å²) >= 11 is 0. The van der Waals surface area contributed by atoms with E-state index in [-0.39, 0.29) is 0 Å². The van der Waals surface area contributed by atoms with Crippen molar-refractivity contribution in [3.63, 3.8) is 0 Å². The van der Waals surface area contributed by atoms with Gasteiger partial charge < -0.3 is 25.0 Å². The van der Waals surface area contributed by atoms with E-state index in [0.29, 0.717) is 35.4 Å². The molecule has 1 aromatic carbocycles. The highest BCUT2D eigenvalue weighted by Gasteiger charge is 2.12. The topological polar surface area (TPSA) is 95.3 Å². The minimum Gasteiger partial charge on any atom is -0.493 e. The van der Waals surface area contributed by atoms with Crippen molar-refractivity contribution in [3.8, 4) is 17.6 Å². The molecular formula is C20H26N6O2. The van der Waals surface area contributed by atoms with Gasteiger partial charge in [0.25, 0.3) is 0 Å². The Bertz CT molecular complexity index is 830. The van der Waals surface area contributed by atoms with Gasteiger partial charge in [0.05, 0.1) is 19.9 Å². The lowest BCUT2D eigenvalue weighted by Gasteiger charge is -2.16. The van der Waals surface area contributed by atoms with Crippen LogP contribution >= 0.6 is 0 Å². The zero-order valence-corrected chi connectivity index (χ0v) is 16.4. The number of ether oxygens (including phenoxy) is 2. The normalized spacial score (nSPS) is 13.8. The predicted octanol–water partition coefficient (Wildman–Crippen LogP) is 3.01. The SMILES string of the molecule is CNc1nc(Nc2ccc(OC)c(OCCCN3CCCC3)c2)ncc1C#N. The van der Waals surface area contributed by atoms with Gasteiger partial charge in [0, 0.05) is 25.3 Å². The number of nitrogens with zero attached hydrogens (tertiary/aromatic N) is 4. The molecule has 0 unspecified atom stereocenters. The molecule has 0 aliphatic carbocycles. The number of nitriles is 1. The maximum atomic E-state index is 9.07. The Labute approximate surface area is 165 Å². The lowest BCUT2D eigenvalue weighted by molar-refractivity contribution is 0.254. The standard InChI is InChI=1S/C20H26N6O2/c1-22-19-15(13-21)14-23-20(25-19)24-16-6-7-17(27-2)18(12-16)28-11-5-10-26-8-3-4-9-26/h6-7,12,14H,3-5,8-11H2,1-2H3,(H2,22,23,24,25). The molecule has 0 bridgehead atoms. The second-order valence-electron chi connectivity index (χ2n) is 6.56. The first-order chi connectivity index (χ1) is 13.7. The van der Waals surface area contributed by atoms with Crippen LogP contribution in [0.25, 0.3) is 0 Å². The predicted molar refractivity (Wildman–Crippen MR) is 108 cm³/mol. The molecule has 1 aliphatic rings. The van der Waals surface area contributed by atoms with E-state index in [1.165, 1.54) is 32.1 Å². The number of hydrogen-bond donors (Lipinski definition) is 2. The van der Waals surface area contributed by atoms with Crippen LogP contribution < -0.4 is 20.1 Å². The fourth-order valence-electron chi connectivity index (χ4n) is 3.19. The van der Waals surface area contributed by atoms with E-state index in [1.54, 1.807) is 14.2 Å². The van der Waals surface area contributed by atoms with Crippen molar-refractivity contribution in [1.29, 1.82) is 5.26 Å². The summed E-state index contributed by atoms with van der Waals surface area (Å²) in [4.78, 5) is 11.0. The monoisotopic (exact) mass is 382 g/mol. The average molecular weight is 382 g/mol. The van der Waals surface area contributed by atoms with E-state index in [9.17, 15) is 0 Å². The highest BCUT2D eigenvalue weighted by molar-refractivity contribution is 5.62. The molecule has 0 amide bonds. The van der Waals surface area contributed by atoms with Crippen LogP contribution in [0, 0.1) is 11.3 Å². The second-order valence-corrected chi connectivity index (χ2v) is 6.56. The Morgan fingerprint density at radius 1 is 1.25 bits per heavy atom. The third kappa shape index (κ3) is 5.02. The quantitative estimate of drug-likeness (QED) is 0.639. The van der Waals surface area contributed by atoms with Crippen molar-refractivity contribution < 1.29 is 9.47 Å². The number of nitrogens with one attached hydrogen (secondary N) is 2. The van der Waals surface area contributed by atoms with Gasteiger partial charge in [-0.05, 0) is 44.5 Å². The fourth-order valence-corrected chi connectivity index (χ4v) is 3.19. The van der Waals surface area contributed by atoms with E-state index in [4.69, 9.17) is 14.7 Å². The molecule has 2 aromatic rings. The summed E-state index contributed by atoms with van der Waals surface area (Å²) in [6, 6.07) is 7.65. The first-order valence-electron chi connectivity index (χ1n) is 9.48. The van der Waals surface area contributed by atoms with E-state index < -0.39 is 0 Å². The van der Waals surface area contributed by atoms with Crippen LogP contribution in [-0.4, -0.2) is 55.3 Å². The maximum Gasteiger partial charge on any atom is 0.229 e. The van der Waals surface area contributed by atoms with E-state index in [2.05, 4.69) is 31.6 Å². The van der Waals surface area contributed by atoms with Crippen molar-refractivity contribution in [2.24, 2.45) is 0 Å². The van der Waals surface area contributed by atoms with Crippen molar-refractivity contribution in [2.45, 2.75) is 19.3 Å². The second kappa shape index (κ2) is 9.76. The summed E-state index contributed by atoms with van der Waals surface area (Å²) in [5.41, 5.74) is 1.17. The van der Waals surface area contributed by atoms with Crippen LogP contribution in [0.5, 0.6) is 11.5 Å². The molecule has 1 saturated heterocycles. The number of aromatic nitrogens is 2. The molecule has 2 N–H and O–H groups in total. The molecule has 1 fully saturated rings. The van der Waals surface area contributed by atoms with Crippen LogP contribution in [0.15, 0.2) is 24.4 Å². The number of benzene rings is 1. The van der Waals surface area contributed by atoms with Crippen molar-refractivity contribution in [2.75, 3.05) is 51.0 Å². The third-order valence-electron chi connectivity index (χ3n) is 4.64. The summed E-state index contributed by atoms with van der Waals surface area (Å²) in [5.74, 6) is 2.24. The van der Waals surface area contributed by atoms with Gasteiger partial charge in [-0.3, -0.25) is 0 Å². The maximum absolute atomic E-state index is 9.07. The fraction of sp³-hybridized carbons (Fsp3) is 0.450. The third-order valence-corrected chi connectivity index (χ3v) is 4.64. The number of methoxy groups -OCH3 is 1. The summed E-state index contributed by atoms with van der Waals surface area (Å²) in [5, 5.41) is 15.1. The van der Waals surface area contributed by atoms with Gasteiger partial charge in [-0.15, -0.1) is 0 Å². The van der Waals surface area contributed by atoms with Gasteiger partial charge >= 0.3 is 0 Å². The smallest absolute Gasteiger partial charge is 0.229 e. The molecule has 3 rings (SSSR count). The van der Waals surface area contributed by atoms with Crippen molar-refractivity contribution >= 4 is 17.5 Å². The van der Waals surface area contributed by atoms with Crippen LogP contribution in [-0.2, 0) is 0 Å². The van der Waals surface area contributed by atoms with Gasteiger partial charge in [-0.25, -0.2) is 4.98 Å². The molecule has 0 atom stereocenters. The highest BCUT2D eigenvalue weighted by atomic mass is 16.5. The zero-order chi connectivity index (χ0) is 19.8. The molecular weight excluding hydrogens is 356 g/mol. The Kier molecular flexibility index (Phi) is 6.87. The molecule has 0 radical (unpaired) electrons. The van der Waals surface area contributed by atoms with Gasteiger partial charge in [0.1, 0.15) is 17.5 Å². The van der Waals surface area contributed by atoms with Gasteiger partial charge in [0.2, 0.25) is 5.95 Å². The van der Waals surface area contributed by atoms with Crippen molar-refractivity contribution in [1.82, 2.24) is 14.9 Å². The molecule has 8 nitrogen and oxygen atoms in total. The number of rotatable bonds is 9. The van der Waals surface area contributed by atoms with Crippen LogP contribution in [0.2, 0.25) is 0 Å². The summed E-state index contributed by atoms with van der Waals surface area (Å²) in [6.07, 6.45) is 5.07. The Hall–Kier alpha value is -3.05. The average Bonchev–Trinajstić information content (AvgIpc) is 3.25. The summed E-state index contributed by atoms with van der Waals surface area (Å²) in [6.45, 7) is 4.09. The number of likely N-dealkylation sites (tertiary alicyclic amines) is 1. The molecule has 1 aromatic heterocycles. The number of hydrogen-bond acceptors (Lipinski definition) is 8. The minimum absolute atomic E-state index is 0.393. The molecule has 0 saturated carbocycles. The van der Waals surface area contributed by atoms with E-state index in [0.717, 1.165) is 18.7 Å². The largest absolute Gasteiger partial charge is 0.493 e. The number of anilines is 3. The van der Waals surface area contributed by atoms with Crippen LogP contribution in [0.4, 0.5) is 17.5 Å². The molecule has 148 valence electrons. The first-order valence-corrected chi connectivity index (χ1v) is 9.48. The zero-order valence-electron chi connectivity index (χ0n) is 16.4. The van der Waals surface area contributed by atoms with Gasteiger partial charge in [-0.2, -0.15) is 10.2 Å². The lowest BCUT2D eigenvalue weighted by atomic mass is 10.2. The van der Waals surface area contributed by atoms with Crippen molar-refractivity contribution in [3.05, 3.63) is 30.0 Å². The Morgan fingerprint density at radius 3 is 2.79 bits per heavy atom. The molecule has 1 aliphatic heterocycles. The minimum atomic E-state index is 0.393. The van der Waals surface area contributed by atoms with Crippen LogP contribution in [0.1, 0.15) is 24.8 Å². The Balaban J connectivity index is 1.64. The van der Waals surface area contributed by atoms with E-state index >= 15 is 0 Å². The summed E-state index contributed by atoms with van der Waals surface area (Å²) < 4.78 is 11.4. The molecule has 0 spiro atoms. The first kappa shape index (κ1) is 19.7. The molecule has 28 heavy (non-hydrogen) atoms. The Morgan fingerprint density at radius 2 is 2.07 bits per heavy atom. The van der Waals surface area contributed by atoms with Gasteiger partial charge in [-0.1, -0.05) is 0 Å². The lowest BCUT2D eigenvalue weighted by Crippen LogP contribution is -2.21. The summed E-state index contributed by atoms with van der Waals surface area (Å²) in [7, 11) is 3.34. The molecule has 2 heterocycles. The highest BCUT2D eigenvalue weighted by Crippen LogP contribution is 2.31. The van der Waals surface area contributed by atoms with Gasteiger partial charge in [0.15, 0.2) is 11.5 Å². The van der Waals surface area contributed by atoms with Crippen LogP contribution in [0.3, 0.4) is 0 Å². The van der Waals surface area contributed by atoms with E-state index in [1.807, 2.05) is 18.2 Å². The molecule has 8 heteroatoms.